The van der Waals surface area contributed by atoms with Gasteiger partial charge < -0.3 is 15.4 Å². The first-order chi connectivity index (χ1) is 26.0. The molecule has 3 aliphatic rings. The number of ether oxygens (including phenoxy) is 1. The van der Waals surface area contributed by atoms with E-state index in [2.05, 4.69) is 32.1 Å². The van der Waals surface area contributed by atoms with Crippen molar-refractivity contribution in [2.24, 2.45) is 0 Å². The van der Waals surface area contributed by atoms with Crippen molar-refractivity contribution < 1.29 is 32.3 Å². The van der Waals surface area contributed by atoms with Gasteiger partial charge in [0.15, 0.2) is 0 Å². The standard InChI is InChI=1S/C40H42F3N7O4/c1-3-49-38-33(22-45-50(38)31-13-5-4-6-14-31)34(35(39(49)53)46-37(52)29-11-8-12-30(20-29)40(41,42)43)28-10-7-9-27(19-28)21-44-36(51)26(2)23-47-15-17-48(18-16-47)32-24-54-25-32/h4-14,19-20,22,32,34-35H,2-3,15-18,21,23-25H2,1H3,(H,44,51)(H,46,52)/t34-,35+/m0/s1. The van der Waals surface area contributed by atoms with Crippen LogP contribution in [-0.2, 0) is 27.0 Å². The quantitative estimate of drug-likeness (QED) is 0.220. The van der Waals surface area contributed by atoms with Crippen LogP contribution in [0.15, 0.2) is 97.2 Å². The van der Waals surface area contributed by atoms with E-state index in [9.17, 15) is 27.6 Å². The van der Waals surface area contributed by atoms with Crippen LogP contribution in [0.5, 0.6) is 0 Å². The zero-order valence-corrected chi connectivity index (χ0v) is 29.9. The number of carbonyl (C=O) groups is 3. The molecule has 3 amide bonds. The zero-order chi connectivity index (χ0) is 38.0. The molecule has 4 aromatic rings. The lowest BCUT2D eigenvalue weighted by Crippen LogP contribution is -2.56. The number of carbonyl (C=O) groups excluding carboxylic acids is 3. The number of nitrogens with one attached hydrogen (secondary N) is 2. The van der Waals surface area contributed by atoms with Crippen LogP contribution >= 0.6 is 0 Å². The Hall–Kier alpha value is -5.31. The Morgan fingerprint density at radius 1 is 0.963 bits per heavy atom. The van der Waals surface area contributed by atoms with Crippen LogP contribution in [0.4, 0.5) is 19.0 Å². The number of hydrogen-bond acceptors (Lipinski definition) is 7. The molecule has 0 radical (unpaired) electrons. The van der Waals surface area contributed by atoms with Gasteiger partial charge in [0.25, 0.3) is 11.8 Å². The monoisotopic (exact) mass is 741 g/mol. The lowest BCUT2D eigenvalue weighted by molar-refractivity contribution is -0.137. The Morgan fingerprint density at radius 3 is 2.39 bits per heavy atom. The van der Waals surface area contributed by atoms with E-state index < -0.39 is 35.5 Å². The number of amides is 3. The van der Waals surface area contributed by atoms with Gasteiger partial charge in [0.1, 0.15) is 11.9 Å². The highest BCUT2D eigenvalue weighted by atomic mass is 19.4. The minimum atomic E-state index is -4.65. The number of benzene rings is 3. The van der Waals surface area contributed by atoms with Crippen LogP contribution < -0.4 is 15.5 Å². The number of nitrogens with zero attached hydrogens (tertiary/aromatic N) is 5. The van der Waals surface area contributed by atoms with Gasteiger partial charge in [0.2, 0.25) is 5.91 Å². The highest BCUT2D eigenvalue weighted by Gasteiger charge is 2.44. The number of rotatable bonds is 11. The summed E-state index contributed by atoms with van der Waals surface area (Å²) in [6, 6.07) is 20.1. The predicted octanol–water partition coefficient (Wildman–Crippen LogP) is 4.38. The van der Waals surface area contributed by atoms with Gasteiger partial charge in [-0.1, -0.05) is 55.1 Å². The number of para-hydroxylation sites is 1. The van der Waals surface area contributed by atoms with E-state index in [4.69, 9.17) is 4.74 Å². The van der Waals surface area contributed by atoms with Gasteiger partial charge in [0, 0.05) is 68.4 Å². The minimum Gasteiger partial charge on any atom is -0.378 e. The molecule has 2 atom stereocenters. The van der Waals surface area contributed by atoms with Crippen LogP contribution in [0.2, 0.25) is 0 Å². The second kappa shape index (κ2) is 15.6. The molecule has 3 aromatic carbocycles. The fourth-order valence-corrected chi connectivity index (χ4v) is 7.35. The van der Waals surface area contributed by atoms with Gasteiger partial charge in [-0.25, -0.2) is 4.68 Å². The predicted molar refractivity (Wildman–Crippen MR) is 196 cm³/mol. The van der Waals surface area contributed by atoms with E-state index in [0.717, 1.165) is 68.8 Å². The Balaban J connectivity index is 1.13. The van der Waals surface area contributed by atoms with Crippen LogP contribution in [-0.4, -0.2) is 102 Å². The summed E-state index contributed by atoms with van der Waals surface area (Å²) in [6.45, 7) is 11.8. The third-order valence-corrected chi connectivity index (χ3v) is 10.3. The Kier molecular flexibility index (Phi) is 10.7. The summed E-state index contributed by atoms with van der Waals surface area (Å²) in [5, 5.41) is 10.4. The summed E-state index contributed by atoms with van der Waals surface area (Å²) in [5.41, 5.74) is 2.03. The molecule has 54 heavy (non-hydrogen) atoms. The number of fused-ring (bicyclic) bond motifs is 1. The Labute approximate surface area is 311 Å². The number of alkyl halides is 3. The normalized spacial score (nSPS) is 19.6. The van der Waals surface area contributed by atoms with Gasteiger partial charge in [-0.2, -0.15) is 18.3 Å². The Bertz CT molecular complexity index is 2020. The first kappa shape index (κ1) is 37.0. The summed E-state index contributed by atoms with van der Waals surface area (Å²) < 4.78 is 47.6. The maximum atomic E-state index is 14.4. The molecule has 0 aliphatic carbocycles. The van der Waals surface area contributed by atoms with Crippen molar-refractivity contribution >= 4 is 23.5 Å². The SMILES string of the molecule is C=C(CN1CCN(C2COC2)CC1)C(=O)NCc1cccc([C@H]2c3cnn(-c4ccccc4)c3N(CC)C(=O)[C@@H]2NC(=O)c2cccc(C(F)(F)F)c2)c1. The second-order valence-corrected chi connectivity index (χ2v) is 13.8. The number of aromatic nitrogens is 2. The molecular weight excluding hydrogens is 699 g/mol. The summed E-state index contributed by atoms with van der Waals surface area (Å²) in [4.78, 5) is 47.4. The molecule has 1 aromatic heterocycles. The van der Waals surface area contributed by atoms with Crippen LogP contribution in [0.25, 0.3) is 5.69 Å². The minimum absolute atomic E-state index is 0.181. The Morgan fingerprint density at radius 2 is 1.70 bits per heavy atom. The van der Waals surface area contributed by atoms with Gasteiger partial charge in [0.05, 0.1) is 36.7 Å². The lowest BCUT2D eigenvalue weighted by atomic mass is 9.81. The molecule has 2 N–H and O–H groups in total. The zero-order valence-electron chi connectivity index (χ0n) is 29.9. The molecule has 282 valence electrons. The van der Waals surface area contributed by atoms with E-state index in [0.29, 0.717) is 35.1 Å². The molecule has 0 bridgehead atoms. The average Bonchev–Trinajstić information content (AvgIpc) is 3.58. The van der Waals surface area contributed by atoms with Crippen molar-refractivity contribution in [1.29, 1.82) is 0 Å². The first-order valence-electron chi connectivity index (χ1n) is 18.0. The van der Waals surface area contributed by atoms with E-state index in [1.54, 1.807) is 17.8 Å². The van der Waals surface area contributed by atoms with Crippen molar-refractivity contribution in [3.8, 4) is 5.69 Å². The summed E-state index contributed by atoms with van der Waals surface area (Å²) >= 11 is 0. The van der Waals surface area contributed by atoms with Crippen molar-refractivity contribution in [2.45, 2.75) is 37.6 Å². The molecule has 2 saturated heterocycles. The topological polar surface area (TPSA) is 112 Å². The van der Waals surface area contributed by atoms with Gasteiger partial charge in [-0.05, 0) is 48.4 Å². The summed E-state index contributed by atoms with van der Waals surface area (Å²) in [5.74, 6) is -1.76. The van der Waals surface area contributed by atoms with Gasteiger partial charge >= 0.3 is 6.18 Å². The van der Waals surface area contributed by atoms with Crippen molar-refractivity contribution in [3.63, 3.8) is 0 Å². The highest BCUT2D eigenvalue weighted by molar-refractivity contribution is 6.05. The third-order valence-electron chi connectivity index (χ3n) is 10.3. The van der Waals surface area contributed by atoms with Crippen molar-refractivity contribution in [3.05, 3.63) is 125 Å². The second-order valence-electron chi connectivity index (χ2n) is 13.8. The molecule has 7 rings (SSSR count). The molecule has 0 spiro atoms. The fourth-order valence-electron chi connectivity index (χ4n) is 7.35. The van der Waals surface area contributed by atoms with E-state index in [1.165, 1.54) is 11.0 Å². The first-order valence-corrected chi connectivity index (χ1v) is 18.0. The van der Waals surface area contributed by atoms with E-state index in [-0.39, 0.29) is 24.6 Å². The molecule has 3 aliphatic heterocycles. The third kappa shape index (κ3) is 7.68. The molecule has 0 unspecified atom stereocenters. The largest absolute Gasteiger partial charge is 0.416 e. The molecular formula is C40H42F3N7O4. The van der Waals surface area contributed by atoms with Crippen LogP contribution in [0.3, 0.4) is 0 Å². The summed E-state index contributed by atoms with van der Waals surface area (Å²) in [6.07, 6.45) is -2.99. The van der Waals surface area contributed by atoms with Crippen LogP contribution in [0, 0.1) is 0 Å². The molecule has 2 fully saturated rings. The van der Waals surface area contributed by atoms with Crippen molar-refractivity contribution in [1.82, 2.24) is 30.2 Å². The molecule has 14 heteroatoms. The maximum absolute atomic E-state index is 14.4. The fraction of sp³-hybridized carbons (Fsp3) is 0.350. The van der Waals surface area contributed by atoms with Gasteiger partial charge in [-0.3, -0.25) is 29.1 Å². The number of hydrogen-bond donors (Lipinski definition) is 2. The average molecular weight is 742 g/mol. The highest BCUT2D eigenvalue weighted by Crippen LogP contribution is 2.42. The molecule has 4 heterocycles. The van der Waals surface area contributed by atoms with E-state index >= 15 is 0 Å². The number of anilines is 1. The van der Waals surface area contributed by atoms with E-state index in [1.807, 2.05) is 54.6 Å². The lowest BCUT2D eigenvalue weighted by Gasteiger charge is -2.42. The van der Waals surface area contributed by atoms with Gasteiger partial charge in [-0.15, -0.1) is 0 Å². The molecule has 0 saturated carbocycles. The van der Waals surface area contributed by atoms with Crippen molar-refractivity contribution in [2.75, 3.05) is 57.4 Å². The number of likely N-dealkylation sites (N-methyl/N-ethyl adjacent to an activating group) is 1. The number of piperazine rings is 1. The summed E-state index contributed by atoms with van der Waals surface area (Å²) in [7, 11) is 0. The van der Waals surface area contributed by atoms with Crippen LogP contribution in [0.1, 0.15) is 45.5 Å². The molecule has 11 nitrogen and oxygen atoms in total. The smallest absolute Gasteiger partial charge is 0.378 e. The number of halogens is 3. The maximum Gasteiger partial charge on any atom is 0.416 e.